The van der Waals surface area contributed by atoms with Gasteiger partial charge in [-0.05, 0) is 36.8 Å². The Bertz CT molecular complexity index is 941. The number of carbonyl (C=O) groups is 2. The number of amides is 2. The molecule has 0 saturated carbocycles. The number of nitrogens with zero attached hydrogens (tertiary/aromatic N) is 2. The highest BCUT2D eigenvalue weighted by Gasteiger charge is 2.46. The van der Waals surface area contributed by atoms with E-state index in [1.165, 1.54) is 4.90 Å². The Balaban J connectivity index is 1.46. The third-order valence-electron chi connectivity index (χ3n) is 5.88. The molecule has 1 atom stereocenters. The summed E-state index contributed by atoms with van der Waals surface area (Å²) in [6.45, 7) is 5.11. The lowest BCUT2D eigenvalue weighted by Crippen LogP contribution is -3.19. The van der Waals surface area contributed by atoms with E-state index >= 15 is 0 Å². The van der Waals surface area contributed by atoms with Gasteiger partial charge in [-0.2, -0.15) is 0 Å². The van der Waals surface area contributed by atoms with E-state index in [1.54, 1.807) is 19.2 Å². The summed E-state index contributed by atoms with van der Waals surface area (Å²) in [6, 6.07) is 13.0. The molecular weight excluding hydrogens is 390 g/mol. The molecule has 0 aromatic heterocycles. The first kappa shape index (κ1) is 19.7. The molecule has 2 amide bonds. The summed E-state index contributed by atoms with van der Waals surface area (Å²) in [5, 5.41) is 0.560. The number of benzene rings is 2. The Hall–Kier alpha value is -2.57. The fraction of sp³-hybridized carbons (Fsp3) is 0.364. The van der Waals surface area contributed by atoms with Gasteiger partial charge in [0.05, 0.1) is 51.1 Å². The molecule has 152 valence electrons. The van der Waals surface area contributed by atoms with Gasteiger partial charge in [0.2, 0.25) is 5.91 Å². The van der Waals surface area contributed by atoms with Gasteiger partial charge in [-0.1, -0.05) is 29.8 Å². The van der Waals surface area contributed by atoms with E-state index in [-0.39, 0.29) is 24.3 Å². The van der Waals surface area contributed by atoms with Crippen molar-refractivity contribution in [3.63, 3.8) is 0 Å². The summed E-state index contributed by atoms with van der Waals surface area (Å²) in [6.07, 6.45) is 0.244. The number of nitrogens with one attached hydrogen (secondary N) is 1. The van der Waals surface area contributed by atoms with Crippen LogP contribution in [0.3, 0.4) is 0 Å². The Morgan fingerprint density at radius 2 is 1.83 bits per heavy atom. The number of methoxy groups -OCH3 is 1. The van der Waals surface area contributed by atoms with Gasteiger partial charge >= 0.3 is 0 Å². The largest absolute Gasteiger partial charge is 0.495 e. The number of aryl methyl sites for hydroxylation is 1. The van der Waals surface area contributed by atoms with Gasteiger partial charge in [-0.3, -0.25) is 9.59 Å². The highest BCUT2D eigenvalue weighted by atomic mass is 35.5. The molecule has 4 rings (SSSR count). The van der Waals surface area contributed by atoms with Gasteiger partial charge in [0.1, 0.15) is 5.75 Å². The third kappa shape index (κ3) is 3.70. The molecule has 2 aromatic rings. The number of quaternary nitrogens is 1. The van der Waals surface area contributed by atoms with Crippen molar-refractivity contribution >= 4 is 34.8 Å². The van der Waals surface area contributed by atoms with Gasteiger partial charge in [0, 0.05) is 5.02 Å². The Morgan fingerprint density at radius 1 is 1.10 bits per heavy atom. The minimum Gasteiger partial charge on any atom is -0.495 e. The number of piperazine rings is 1. The topological polar surface area (TPSA) is 54.3 Å². The van der Waals surface area contributed by atoms with Crippen LogP contribution in [0.1, 0.15) is 12.0 Å². The summed E-state index contributed by atoms with van der Waals surface area (Å²) in [7, 11) is 1.68. The van der Waals surface area contributed by atoms with Gasteiger partial charge in [-0.15, -0.1) is 0 Å². The minimum atomic E-state index is -0.331. The predicted molar refractivity (Wildman–Crippen MR) is 113 cm³/mol. The predicted octanol–water partition coefficient (Wildman–Crippen LogP) is 1.69. The van der Waals surface area contributed by atoms with Gasteiger partial charge in [0.25, 0.3) is 5.91 Å². The fourth-order valence-electron chi connectivity index (χ4n) is 4.22. The number of para-hydroxylation sites is 2. The number of carbonyl (C=O) groups excluding carboxylic acids is 2. The lowest BCUT2D eigenvalue weighted by Gasteiger charge is -2.36. The van der Waals surface area contributed by atoms with Crippen LogP contribution in [0.25, 0.3) is 0 Å². The average molecular weight is 415 g/mol. The van der Waals surface area contributed by atoms with Crippen LogP contribution in [0, 0.1) is 6.92 Å². The lowest BCUT2D eigenvalue weighted by molar-refractivity contribution is -0.915. The standard InChI is InChI=1S/C22H24ClN3O3/c1-15-7-8-16(13-17(15)23)26-21(27)14-19(22(26)28)25-11-9-24(10-12-25)18-5-3-4-6-20(18)29-2/h3-8,13,19H,9-12,14H2,1-2H3/p+1/t19-/m1/s1. The van der Waals surface area contributed by atoms with Crippen LogP contribution in [-0.2, 0) is 9.59 Å². The molecule has 0 unspecified atom stereocenters. The van der Waals surface area contributed by atoms with Crippen molar-refractivity contribution < 1.29 is 19.2 Å². The summed E-state index contributed by atoms with van der Waals surface area (Å²) >= 11 is 6.20. The molecule has 0 bridgehead atoms. The maximum absolute atomic E-state index is 13.1. The number of rotatable bonds is 4. The van der Waals surface area contributed by atoms with E-state index in [4.69, 9.17) is 16.3 Å². The van der Waals surface area contributed by atoms with Crippen molar-refractivity contribution in [3.8, 4) is 5.75 Å². The molecule has 1 N–H and O–H groups in total. The second-order valence-electron chi connectivity index (χ2n) is 7.57. The second kappa shape index (κ2) is 8.05. The van der Waals surface area contributed by atoms with E-state index in [0.29, 0.717) is 10.7 Å². The summed E-state index contributed by atoms with van der Waals surface area (Å²) in [5.41, 5.74) is 2.55. The molecule has 7 heteroatoms. The Labute approximate surface area is 175 Å². The zero-order chi connectivity index (χ0) is 20.5. The van der Waals surface area contributed by atoms with E-state index in [1.807, 2.05) is 31.2 Å². The molecule has 6 nitrogen and oxygen atoms in total. The molecular formula is C22H25ClN3O3+. The van der Waals surface area contributed by atoms with Crippen LogP contribution in [0.15, 0.2) is 42.5 Å². The Morgan fingerprint density at radius 3 is 2.52 bits per heavy atom. The van der Waals surface area contributed by atoms with Gasteiger partial charge < -0.3 is 14.5 Å². The molecule has 2 aliphatic rings. The van der Waals surface area contributed by atoms with Gasteiger partial charge in [0.15, 0.2) is 6.04 Å². The van der Waals surface area contributed by atoms with Crippen molar-refractivity contribution in [2.45, 2.75) is 19.4 Å². The molecule has 2 aromatic carbocycles. The maximum Gasteiger partial charge on any atom is 0.292 e. The van der Waals surface area contributed by atoms with Gasteiger partial charge in [-0.25, -0.2) is 4.90 Å². The van der Waals surface area contributed by atoms with E-state index in [2.05, 4.69) is 11.0 Å². The van der Waals surface area contributed by atoms with Crippen LogP contribution in [0.4, 0.5) is 11.4 Å². The zero-order valence-electron chi connectivity index (χ0n) is 16.7. The molecule has 2 aliphatic heterocycles. The number of anilines is 2. The van der Waals surface area contributed by atoms with Crippen molar-refractivity contribution in [1.82, 2.24) is 0 Å². The minimum absolute atomic E-state index is 0.129. The highest BCUT2D eigenvalue weighted by Crippen LogP contribution is 2.29. The zero-order valence-corrected chi connectivity index (χ0v) is 17.4. The van der Waals surface area contributed by atoms with Crippen LogP contribution in [0.5, 0.6) is 5.75 Å². The fourth-order valence-corrected chi connectivity index (χ4v) is 4.39. The molecule has 29 heavy (non-hydrogen) atoms. The summed E-state index contributed by atoms with van der Waals surface area (Å²) in [5.74, 6) is 0.570. The van der Waals surface area contributed by atoms with E-state index in [0.717, 1.165) is 48.1 Å². The van der Waals surface area contributed by atoms with Crippen LogP contribution >= 0.6 is 11.6 Å². The van der Waals surface area contributed by atoms with Crippen molar-refractivity contribution in [3.05, 3.63) is 53.1 Å². The molecule has 0 radical (unpaired) electrons. The molecule has 0 spiro atoms. The number of hydrogen-bond acceptors (Lipinski definition) is 4. The number of hydrogen-bond donors (Lipinski definition) is 1. The normalized spacial score (nSPS) is 20.4. The van der Waals surface area contributed by atoms with Crippen LogP contribution in [-0.4, -0.2) is 51.1 Å². The Kier molecular flexibility index (Phi) is 5.48. The highest BCUT2D eigenvalue weighted by molar-refractivity contribution is 6.32. The van der Waals surface area contributed by atoms with Crippen LogP contribution in [0.2, 0.25) is 5.02 Å². The third-order valence-corrected chi connectivity index (χ3v) is 6.29. The van der Waals surface area contributed by atoms with Crippen molar-refractivity contribution in [2.75, 3.05) is 43.1 Å². The SMILES string of the molecule is COc1ccccc1N1CC[NH+]([C@@H]2CC(=O)N(c3ccc(C)c(Cl)c3)C2=O)CC1. The van der Waals surface area contributed by atoms with Crippen molar-refractivity contribution in [1.29, 1.82) is 0 Å². The number of halogens is 1. The maximum atomic E-state index is 13.1. The average Bonchev–Trinajstić information content (AvgIpc) is 3.04. The molecule has 2 saturated heterocycles. The smallest absolute Gasteiger partial charge is 0.292 e. The lowest BCUT2D eigenvalue weighted by atomic mass is 10.1. The number of ether oxygens (including phenoxy) is 1. The van der Waals surface area contributed by atoms with Crippen LogP contribution < -0.4 is 19.4 Å². The first-order chi connectivity index (χ1) is 14.0. The quantitative estimate of drug-likeness (QED) is 0.774. The summed E-state index contributed by atoms with van der Waals surface area (Å²) in [4.78, 5) is 30.4. The first-order valence-electron chi connectivity index (χ1n) is 9.85. The molecule has 0 aliphatic carbocycles. The first-order valence-corrected chi connectivity index (χ1v) is 10.2. The molecule has 2 heterocycles. The second-order valence-corrected chi connectivity index (χ2v) is 7.98. The molecule has 2 fully saturated rings. The van der Waals surface area contributed by atoms with E-state index in [9.17, 15) is 9.59 Å². The monoisotopic (exact) mass is 414 g/mol. The summed E-state index contributed by atoms with van der Waals surface area (Å²) < 4.78 is 5.47. The van der Waals surface area contributed by atoms with Crippen molar-refractivity contribution in [2.24, 2.45) is 0 Å². The van der Waals surface area contributed by atoms with E-state index < -0.39 is 0 Å². The number of imide groups is 1.